The zero-order chi connectivity index (χ0) is 19.1. The lowest BCUT2D eigenvalue weighted by Gasteiger charge is -2.30. The molecule has 0 spiro atoms. The minimum Gasteiger partial charge on any atom is -0.335 e. The predicted molar refractivity (Wildman–Crippen MR) is 105 cm³/mol. The van der Waals surface area contributed by atoms with E-state index in [9.17, 15) is 9.18 Å². The van der Waals surface area contributed by atoms with Gasteiger partial charge in [-0.25, -0.2) is 4.39 Å². The first-order chi connectivity index (χ1) is 12.9. The summed E-state index contributed by atoms with van der Waals surface area (Å²) in [7, 11) is 0. The molecule has 2 saturated heterocycles. The van der Waals surface area contributed by atoms with E-state index in [2.05, 4.69) is 24.0 Å². The maximum atomic E-state index is 14.2. The highest BCUT2D eigenvalue weighted by Crippen LogP contribution is 2.46. The van der Waals surface area contributed by atoms with Gasteiger partial charge in [0, 0.05) is 49.6 Å². The Balaban J connectivity index is 1.57. The third kappa shape index (κ3) is 3.48. The van der Waals surface area contributed by atoms with E-state index in [0.717, 1.165) is 19.6 Å². The average Bonchev–Trinajstić information content (AvgIpc) is 3.15. The summed E-state index contributed by atoms with van der Waals surface area (Å²) in [5.74, 6) is 0.688. The minimum atomic E-state index is -0.250. The number of carbonyl (C=O) groups excluding carboxylic acids is 1. The second-order valence-electron chi connectivity index (χ2n) is 7.83. The number of halogens is 2. The van der Waals surface area contributed by atoms with Crippen LogP contribution in [0.15, 0.2) is 42.5 Å². The number of hydrogen-bond donors (Lipinski definition) is 0. The monoisotopic (exact) mass is 386 g/mol. The van der Waals surface area contributed by atoms with Crippen LogP contribution in [0.3, 0.4) is 0 Å². The van der Waals surface area contributed by atoms with E-state index in [0.29, 0.717) is 29.0 Å². The Morgan fingerprint density at radius 2 is 1.96 bits per heavy atom. The van der Waals surface area contributed by atoms with Gasteiger partial charge in [0.15, 0.2) is 0 Å². The van der Waals surface area contributed by atoms with Gasteiger partial charge >= 0.3 is 0 Å². The first-order valence-corrected chi connectivity index (χ1v) is 9.81. The molecule has 2 aromatic rings. The van der Waals surface area contributed by atoms with Crippen LogP contribution in [0.4, 0.5) is 4.39 Å². The fourth-order valence-corrected chi connectivity index (χ4v) is 4.96. The third-order valence-electron chi connectivity index (χ3n) is 6.06. The molecule has 27 heavy (non-hydrogen) atoms. The van der Waals surface area contributed by atoms with Gasteiger partial charge in [-0.15, -0.1) is 0 Å². The lowest BCUT2D eigenvalue weighted by Crippen LogP contribution is -2.34. The van der Waals surface area contributed by atoms with Gasteiger partial charge in [-0.3, -0.25) is 9.69 Å². The lowest BCUT2D eigenvalue weighted by atomic mass is 9.87. The van der Waals surface area contributed by atoms with Gasteiger partial charge < -0.3 is 4.90 Å². The van der Waals surface area contributed by atoms with Gasteiger partial charge in [0.1, 0.15) is 5.82 Å². The van der Waals surface area contributed by atoms with Crippen LogP contribution in [-0.2, 0) is 11.3 Å². The molecule has 1 amide bonds. The van der Waals surface area contributed by atoms with E-state index in [1.165, 1.54) is 17.2 Å². The van der Waals surface area contributed by atoms with Crippen molar-refractivity contribution in [2.75, 3.05) is 19.6 Å². The molecule has 0 aromatic heterocycles. The molecule has 0 N–H and O–H groups in total. The van der Waals surface area contributed by atoms with Crippen molar-refractivity contribution < 1.29 is 9.18 Å². The number of benzene rings is 2. The van der Waals surface area contributed by atoms with Crippen LogP contribution < -0.4 is 0 Å². The minimum absolute atomic E-state index is 0.105. The first kappa shape index (κ1) is 18.5. The van der Waals surface area contributed by atoms with Crippen molar-refractivity contribution in [1.29, 1.82) is 0 Å². The zero-order valence-electron chi connectivity index (χ0n) is 15.7. The van der Waals surface area contributed by atoms with Crippen LogP contribution in [0, 0.1) is 24.6 Å². The largest absolute Gasteiger partial charge is 0.335 e. The standard InChI is InChI=1S/C22H24ClFN2O/c1-14-5-3-4-6-19(14)22-20-13-25(11-17(20)12-26(22)15(2)27)10-16-7-8-18(23)9-21(16)24/h3-9,17,20,22H,10-13H2,1-2H3/t17-,20-,22+/m1/s1. The van der Waals surface area contributed by atoms with E-state index < -0.39 is 0 Å². The summed E-state index contributed by atoms with van der Waals surface area (Å²) in [5, 5.41) is 0.422. The Morgan fingerprint density at radius 1 is 1.19 bits per heavy atom. The number of carbonyl (C=O) groups is 1. The maximum absolute atomic E-state index is 14.2. The smallest absolute Gasteiger partial charge is 0.219 e. The van der Waals surface area contributed by atoms with Gasteiger partial charge in [-0.2, -0.15) is 0 Å². The SMILES string of the molecule is CC(=O)N1C[C@H]2CN(Cc3ccc(Cl)cc3F)C[C@H]2[C@@H]1c1ccccc1C. The molecule has 0 bridgehead atoms. The molecule has 142 valence electrons. The average molecular weight is 387 g/mol. The molecule has 3 nitrogen and oxygen atoms in total. The van der Waals surface area contributed by atoms with Crippen molar-refractivity contribution in [3.05, 3.63) is 70.0 Å². The molecule has 2 aliphatic heterocycles. The van der Waals surface area contributed by atoms with Crippen LogP contribution >= 0.6 is 11.6 Å². The number of rotatable bonds is 3. The van der Waals surface area contributed by atoms with Gasteiger partial charge in [0.05, 0.1) is 6.04 Å². The quantitative estimate of drug-likeness (QED) is 0.778. The molecular weight excluding hydrogens is 363 g/mol. The number of likely N-dealkylation sites (tertiary alicyclic amines) is 2. The predicted octanol–water partition coefficient (Wildman–Crippen LogP) is 4.44. The molecule has 0 radical (unpaired) electrons. The van der Waals surface area contributed by atoms with E-state index in [4.69, 9.17) is 11.6 Å². The van der Waals surface area contributed by atoms with Gasteiger partial charge in [-0.1, -0.05) is 41.9 Å². The topological polar surface area (TPSA) is 23.6 Å². The number of amides is 1. The van der Waals surface area contributed by atoms with E-state index in [1.54, 1.807) is 19.1 Å². The summed E-state index contributed by atoms with van der Waals surface area (Å²) in [6.45, 7) is 6.88. The van der Waals surface area contributed by atoms with Gasteiger partial charge in [0.2, 0.25) is 5.91 Å². The molecule has 2 fully saturated rings. The van der Waals surface area contributed by atoms with Crippen molar-refractivity contribution >= 4 is 17.5 Å². The number of aryl methyl sites for hydroxylation is 1. The van der Waals surface area contributed by atoms with Crippen LogP contribution in [0.25, 0.3) is 0 Å². The molecule has 2 aromatic carbocycles. The summed E-state index contributed by atoms with van der Waals surface area (Å²) in [6, 6.07) is 13.3. The normalized spacial score (nSPS) is 25.0. The highest BCUT2D eigenvalue weighted by atomic mass is 35.5. The first-order valence-electron chi connectivity index (χ1n) is 9.43. The Hall–Kier alpha value is -1.91. The van der Waals surface area contributed by atoms with Gasteiger partial charge in [-0.05, 0) is 36.1 Å². The number of nitrogens with zero attached hydrogens (tertiary/aromatic N) is 2. The number of fused-ring (bicyclic) bond motifs is 1. The maximum Gasteiger partial charge on any atom is 0.219 e. The summed E-state index contributed by atoms with van der Waals surface area (Å²) >= 11 is 5.87. The second-order valence-corrected chi connectivity index (χ2v) is 8.26. The van der Waals surface area contributed by atoms with E-state index >= 15 is 0 Å². The molecule has 3 atom stereocenters. The van der Waals surface area contributed by atoms with Crippen LogP contribution in [-0.4, -0.2) is 35.3 Å². The second kappa shape index (κ2) is 7.25. The van der Waals surface area contributed by atoms with Crippen molar-refractivity contribution in [3.63, 3.8) is 0 Å². The highest BCUT2D eigenvalue weighted by molar-refractivity contribution is 6.30. The van der Waals surface area contributed by atoms with Crippen molar-refractivity contribution in [2.24, 2.45) is 11.8 Å². The highest BCUT2D eigenvalue weighted by Gasteiger charge is 2.48. The fraction of sp³-hybridized carbons (Fsp3) is 0.409. The lowest BCUT2D eigenvalue weighted by molar-refractivity contribution is -0.130. The van der Waals surface area contributed by atoms with Crippen molar-refractivity contribution in [3.8, 4) is 0 Å². The van der Waals surface area contributed by atoms with Crippen molar-refractivity contribution in [2.45, 2.75) is 26.4 Å². The fourth-order valence-electron chi connectivity index (χ4n) is 4.80. The number of hydrogen-bond acceptors (Lipinski definition) is 2. The molecule has 0 unspecified atom stereocenters. The van der Waals surface area contributed by atoms with Crippen LogP contribution in [0.5, 0.6) is 0 Å². The van der Waals surface area contributed by atoms with Crippen molar-refractivity contribution in [1.82, 2.24) is 9.80 Å². The van der Waals surface area contributed by atoms with Gasteiger partial charge in [0.25, 0.3) is 0 Å². The van der Waals surface area contributed by atoms with E-state index in [1.807, 2.05) is 17.0 Å². The molecule has 0 saturated carbocycles. The third-order valence-corrected chi connectivity index (χ3v) is 6.30. The Labute approximate surface area is 164 Å². The Kier molecular flexibility index (Phi) is 4.95. The molecule has 4 rings (SSSR count). The summed E-state index contributed by atoms with van der Waals surface area (Å²) in [4.78, 5) is 16.6. The van der Waals surface area contributed by atoms with Crippen LogP contribution in [0.2, 0.25) is 5.02 Å². The molecular formula is C22H24ClFN2O. The molecule has 0 aliphatic carbocycles. The van der Waals surface area contributed by atoms with E-state index in [-0.39, 0.29) is 17.8 Å². The van der Waals surface area contributed by atoms with Crippen LogP contribution in [0.1, 0.15) is 29.7 Å². The molecule has 2 aliphatic rings. The summed E-state index contributed by atoms with van der Waals surface area (Å²) < 4.78 is 14.2. The summed E-state index contributed by atoms with van der Waals surface area (Å²) in [6.07, 6.45) is 0. The molecule has 5 heteroatoms. The molecule has 2 heterocycles. The zero-order valence-corrected chi connectivity index (χ0v) is 16.4. The summed E-state index contributed by atoms with van der Waals surface area (Å²) in [5.41, 5.74) is 3.13. The Morgan fingerprint density at radius 3 is 2.67 bits per heavy atom. The Bertz CT molecular complexity index is 871.